The van der Waals surface area contributed by atoms with Crippen LogP contribution in [-0.4, -0.2) is 96.1 Å². The molecule has 0 aromatic carbocycles. The molecule has 3 heterocycles. The molecule has 1 fully saturated rings. The zero-order valence-corrected chi connectivity index (χ0v) is 25.6. The van der Waals surface area contributed by atoms with Crippen LogP contribution in [0.4, 0.5) is 15.4 Å². The molecule has 6 N–H and O–H groups in total. The first-order valence-corrected chi connectivity index (χ1v) is 14.0. The number of aliphatic hydroxyl groups excluding tert-OH is 1. The maximum Gasteiger partial charge on any atom is 0.408 e. The van der Waals surface area contributed by atoms with E-state index in [9.17, 15) is 24.6 Å². The van der Waals surface area contributed by atoms with Crippen LogP contribution in [0.15, 0.2) is 12.7 Å². The lowest BCUT2D eigenvalue weighted by atomic mass is 9.97. The lowest BCUT2D eigenvalue weighted by Crippen LogP contribution is -2.46. The molecule has 3 rings (SSSR count). The molecule has 2 amide bonds. The van der Waals surface area contributed by atoms with E-state index in [1.807, 2.05) is 0 Å². The van der Waals surface area contributed by atoms with E-state index in [1.54, 1.807) is 46.1 Å². The van der Waals surface area contributed by atoms with Crippen molar-refractivity contribution in [1.82, 2.24) is 30.2 Å². The Morgan fingerprint density at radius 1 is 1.09 bits per heavy atom. The summed E-state index contributed by atoms with van der Waals surface area (Å²) in [4.78, 5) is 49.4. The summed E-state index contributed by atoms with van der Waals surface area (Å²) < 4.78 is 24.1. The van der Waals surface area contributed by atoms with E-state index in [1.165, 1.54) is 12.7 Å². The molecule has 0 saturated carbocycles. The van der Waals surface area contributed by atoms with Crippen molar-refractivity contribution < 1.29 is 43.5 Å². The van der Waals surface area contributed by atoms with Crippen LogP contribution in [0.3, 0.4) is 0 Å². The van der Waals surface area contributed by atoms with Crippen LogP contribution in [0.1, 0.15) is 67.0 Å². The van der Waals surface area contributed by atoms with Gasteiger partial charge in [-0.25, -0.2) is 29.3 Å². The summed E-state index contributed by atoms with van der Waals surface area (Å²) in [6.45, 7) is 9.91. The molecular formula is C28H41N7O9. The average molecular weight is 620 g/mol. The van der Waals surface area contributed by atoms with Crippen molar-refractivity contribution in [2.75, 3.05) is 12.3 Å². The van der Waals surface area contributed by atoms with Crippen molar-refractivity contribution in [3.63, 3.8) is 0 Å². The van der Waals surface area contributed by atoms with Gasteiger partial charge in [0.15, 0.2) is 17.7 Å². The third-order valence-corrected chi connectivity index (χ3v) is 6.36. The highest BCUT2D eigenvalue weighted by atomic mass is 16.6. The summed E-state index contributed by atoms with van der Waals surface area (Å²) in [6.07, 6.45) is 2.34. The predicted molar refractivity (Wildman–Crippen MR) is 156 cm³/mol. The van der Waals surface area contributed by atoms with E-state index in [4.69, 9.17) is 31.1 Å². The Morgan fingerprint density at radius 3 is 2.32 bits per heavy atom. The number of rotatable bonds is 11. The van der Waals surface area contributed by atoms with Gasteiger partial charge in [-0.05, 0) is 60.8 Å². The highest BCUT2D eigenvalue weighted by Gasteiger charge is 2.47. The monoisotopic (exact) mass is 619 g/mol. The number of imidazole rings is 1. The van der Waals surface area contributed by atoms with Crippen molar-refractivity contribution in [1.29, 1.82) is 0 Å². The summed E-state index contributed by atoms with van der Waals surface area (Å²) in [5.74, 6) is 1.23. The molecule has 1 aliphatic heterocycles. The maximum atomic E-state index is 12.7. The van der Waals surface area contributed by atoms with E-state index in [2.05, 4.69) is 31.5 Å². The molecule has 0 spiro atoms. The number of nitrogens with one attached hydrogen (secondary N) is 2. The number of anilines is 1. The smallest absolute Gasteiger partial charge is 0.408 e. The number of hydrogen-bond acceptors (Lipinski definition) is 12. The van der Waals surface area contributed by atoms with Gasteiger partial charge in [-0.2, -0.15) is 0 Å². The summed E-state index contributed by atoms with van der Waals surface area (Å²) in [6, 6.07) is -2.10. The normalized spacial score (nSPS) is 21.7. The Kier molecular flexibility index (Phi) is 11.0. The van der Waals surface area contributed by atoms with E-state index in [0.29, 0.717) is 11.2 Å². The number of terminal acetylenes is 1. The minimum Gasteiger partial charge on any atom is -0.480 e. The largest absolute Gasteiger partial charge is 0.480 e. The molecule has 0 aliphatic carbocycles. The number of nitrogens with zero attached hydrogens (tertiary/aromatic N) is 4. The number of carboxylic acid groups (broad SMARTS) is 1. The number of carbonyl (C=O) groups excluding carboxylic acids is 2. The minimum atomic E-state index is -1.33. The van der Waals surface area contributed by atoms with Crippen LogP contribution >= 0.6 is 0 Å². The van der Waals surface area contributed by atoms with Crippen LogP contribution in [0.5, 0.6) is 0 Å². The van der Waals surface area contributed by atoms with Gasteiger partial charge in [0.25, 0.3) is 0 Å². The minimum absolute atomic E-state index is 0.00928. The second-order valence-electron chi connectivity index (χ2n) is 12.3. The average Bonchev–Trinajstić information content (AvgIpc) is 3.44. The number of ether oxygens (including phenoxy) is 4. The van der Waals surface area contributed by atoms with Gasteiger partial charge in [-0.3, -0.25) is 4.57 Å². The van der Waals surface area contributed by atoms with Gasteiger partial charge in [0.1, 0.15) is 47.9 Å². The van der Waals surface area contributed by atoms with Crippen molar-refractivity contribution >= 4 is 35.1 Å². The number of fused-ring (bicyclic) bond motifs is 1. The van der Waals surface area contributed by atoms with Gasteiger partial charge in [0.2, 0.25) is 0 Å². The van der Waals surface area contributed by atoms with E-state index >= 15 is 0 Å². The first-order chi connectivity index (χ1) is 20.5. The highest BCUT2D eigenvalue weighted by Crippen LogP contribution is 2.36. The van der Waals surface area contributed by atoms with E-state index in [-0.39, 0.29) is 31.7 Å². The molecule has 1 saturated heterocycles. The number of hydrogen-bond donors (Lipinski definition) is 5. The predicted octanol–water partition coefficient (Wildman–Crippen LogP) is 1.73. The van der Waals surface area contributed by atoms with Crippen LogP contribution in [0, 0.1) is 12.3 Å². The zero-order valence-electron chi connectivity index (χ0n) is 25.6. The summed E-state index contributed by atoms with van der Waals surface area (Å²) in [5.41, 5.74) is 4.94. The molecule has 2 aromatic rings. The number of carbonyl (C=O) groups is 3. The van der Waals surface area contributed by atoms with Gasteiger partial charge in [0, 0.05) is 6.04 Å². The fraction of sp³-hybridized carbons (Fsp3) is 0.643. The molecule has 0 radical (unpaired) electrons. The fourth-order valence-electron chi connectivity index (χ4n) is 4.60. The molecule has 1 aliphatic rings. The number of nitrogen functional groups attached to an aromatic ring is 1. The fourth-order valence-corrected chi connectivity index (χ4v) is 4.60. The van der Waals surface area contributed by atoms with Crippen LogP contribution in [0.2, 0.25) is 0 Å². The third-order valence-electron chi connectivity index (χ3n) is 6.36. The number of nitrogens with two attached hydrogens (primary N) is 1. The highest BCUT2D eigenvalue weighted by molar-refractivity contribution is 5.81. The van der Waals surface area contributed by atoms with Crippen molar-refractivity contribution in [3.8, 4) is 12.3 Å². The van der Waals surface area contributed by atoms with Crippen molar-refractivity contribution in [3.05, 3.63) is 12.7 Å². The third kappa shape index (κ3) is 9.40. The number of aromatic nitrogens is 4. The molecule has 44 heavy (non-hydrogen) atoms. The van der Waals surface area contributed by atoms with Crippen molar-refractivity contribution in [2.24, 2.45) is 0 Å². The van der Waals surface area contributed by atoms with Crippen LogP contribution in [0.25, 0.3) is 11.2 Å². The summed E-state index contributed by atoms with van der Waals surface area (Å²) in [7, 11) is 0. The molecule has 0 bridgehead atoms. The Hall–Kier alpha value is -4.20. The Balaban J connectivity index is 1.84. The molecule has 16 heteroatoms. The molecule has 6 atom stereocenters. The van der Waals surface area contributed by atoms with Crippen LogP contribution in [-0.2, 0) is 23.7 Å². The molecule has 6 unspecified atom stereocenters. The lowest BCUT2D eigenvalue weighted by molar-refractivity contribution is -0.139. The topological polar surface area (TPSA) is 222 Å². The Labute approximate surface area is 255 Å². The van der Waals surface area contributed by atoms with Gasteiger partial charge in [0.05, 0.1) is 12.4 Å². The number of alkyl carbamates (subject to hydrolysis) is 2. The van der Waals surface area contributed by atoms with E-state index in [0.717, 1.165) is 0 Å². The molecule has 242 valence electrons. The summed E-state index contributed by atoms with van der Waals surface area (Å²) >= 11 is 0. The van der Waals surface area contributed by atoms with Gasteiger partial charge in [-0.1, -0.05) is 5.92 Å². The number of carboxylic acids is 1. The van der Waals surface area contributed by atoms with Gasteiger partial charge < -0.3 is 45.5 Å². The Morgan fingerprint density at radius 2 is 1.73 bits per heavy atom. The second-order valence-corrected chi connectivity index (χ2v) is 12.3. The quantitative estimate of drug-likeness (QED) is 0.226. The first kappa shape index (κ1) is 34.3. The Bertz CT molecular complexity index is 1360. The summed E-state index contributed by atoms with van der Waals surface area (Å²) in [5, 5.41) is 26.1. The van der Waals surface area contributed by atoms with Gasteiger partial charge in [-0.15, -0.1) is 6.42 Å². The molecule has 16 nitrogen and oxygen atoms in total. The number of aliphatic hydroxyl groups is 1. The first-order valence-electron chi connectivity index (χ1n) is 14.0. The molecule has 2 aromatic heterocycles. The van der Waals surface area contributed by atoms with Gasteiger partial charge >= 0.3 is 18.2 Å². The maximum absolute atomic E-state index is 12.7. The SMILES string of the molecule is C#CCOC1C(O)C(CC(CCC(NC(=O)OC(C)(C)C)C(=O)O)NC(=O)OC(C)(C)C)OC1n1cnc2c(N)ncnc21. The second kappa shape index (κ2) is 14.1. The van der Waals surface area contributed by atoms with E-state index < -0.39 is 66.0 Å². The standard InChI is InChI=1S/C28H41N7O9/c1-8-11-41-20-19(36)17(42-23(20)35-14-32-18-21(29)30-13-31-22(18)35)12-15(33-25(39)43-27(2,3)4)9-10-16(24(37)38)34-26(40)44-28(5,6)7/h1,13-17,19-20,23,36H,9-12H2,2-7H3,(H,33,39)(H,34,40)(H,37,38)(H2,29,30,31). The lowest BCUT2D eigenvalue weighted by Gasteiger charge is -2.27. The number of amides is 2. The molecular weight excluding hydrogens is 578 g/mol. The van der Waals surface area contributed by atoms with Crippen LogP contribution < -0.4 is 16.4 Å². The van der Waals surface area contributed by atoms with Crippen molar-refractivity contribution in [2.45, 2.75) is 109 Å². The zero-order chi connectivity index (χ0) is 32.8. The number of aliphatic carboxylic acids is 1.